The van der Waals surface area contributed by atoms with Gasteiger partial charge in [0.05, 0.1) is 18.2 Å². The Labute approximate surface area is 190 Å². The van der Waals surface area contributed by atoms with Gasteiger partial charge in [-0.3, -0.25) is 0 Å². The Morgan fingerprint density at radius 1 is 1.15 bits per heavy atom. The number of halogens is 1. The highest BCUT2D eigenvalue weighted by Crippen LogP contribution is 2.36. The van der Waals surface area contributed by atoms with Crippen LogP contribution in [-0.2, 0) is 11.3 Å². The molecule has 0 spiro atoms. The fourth-order valence-electron chi connectivity index (χ4n) is 3.51. The summed E-state index contributed by atoms with van der Waals surface area (Å²) in [4.78, 5) is 15.6. The smallest absolute Gasteiger partial charge is 0.344 e. The van der Waals surface area contributed by atoms with Crippen molar-refractivity contribution >= 4 is 17.0 Å². The van der Waals surface area contributed by atoms with Crippen LogP contribution in [-0.4, -0.2) is 33.8 Å². The van der Waals surface area contributed by atoms with Crippen LogP contribution in [0.4, 0.5) is 4.39 Å². The van der Waals surface area contributed by atoms with Gasteiger partial charge in [0, 0.05) is 12.7 Å². The molecule has 0 saturated heterocycles. The van der Waals surface area contributed by atoms with Crippen LogP contribution in [0, 0.1) is 12.7 Å². The average molecular weight is 450 g/mol. The predicted molar refractivity (Wildman–Crippen MR) is 121 cm³/mol. The zero-order valence-corrected chi connectivity index (χ0v) is 18.4. The van der Waals surface area contributed by atoms with Gasteiger partial charge in [-0.25, -0.2) is 14.2 Å². The van der Waals surface area contributed by atoms with Gasteiger partial charge in [0.25, 0.3) is 0 Å². The van der Waals surface area contributed by atoms with E-state index in [1.807, 2.05) is 47.9 Å². The predicted octanol–water partition coefficient (Wildman–Crippen LogP) is 5.18. The van der Waals surface area contributed by atoms with Crippen molar-refractivity contribution in [1.82, 2.24) is 9.55 Å². The highest BCUT2D eigenvalue weighted by molar-refractivity contribution is 5.86. The molecule has 2 heterocycles. The molecule has 170 valence electrons. The third-order valence-corrected chi connectivity index (χ3v) is 5.29. The van der Waals surface area contributed by atoms with Gasteiger partial charge >= 0.3 is 5.97 Å². The van der Waals surface area contributed by atoms with E-state index in [2.05, 4.69) is 4.98 Å². The number of rotatable bonds is 8. The molecule has 0 unspecified atom stereocenters. The number of aromatic nitrogens is 2. The fraction of sp³-hybridized carbons (Fsp3) is 0.200. The van der Waals surface area contributed by atoms with Crippen LogP contribution >= 0.6 is 0 Å². The maximum atomic E-state index is 14.2. The highest BCUT2D eigenvalue weighted by atomic mass is 19.1. The van der Waals surface area contributed by atoms with E-state index in [0.717, 1.165) is 22.4 Å². The molecule has 0 saturated carbocycles. The molecule has 33 heavy (non-hydrogen) atoms. The number of ether oxygens (including phenoxy) is 3. The molecule has 0 bridgehead atoms. The molecule has 4 aromatic rings. The monoisotopic (exact) mass is 450 g/mol. The maximum Gasteiger partial charge on any atom is 0.344 e. The topological polar surface area (TPSA) is 82.8 Å². The van der Waals surface area contributed by atoms with Gasteiger partial charge in [-0.05, 0) is 67.9 Å². The van der Waals surface area contributed by atoms with Gasteiger partial charge in [0.15, 0.2) is 23.4 Å². The minimum absolute atomic E-state index is 0.112. The molecule has 0 aliphatic rings. The van der Waals surface area contributed by atoms with Crippen molar-refractivity contribution in [2.24, 2.45) is 0 Å². The molecule has 4 rings (SSSR count). The SMILES string of the molecule is COc1ccc(Oc2c(C)n(Cc3ccc(F)c(O[C@@H](C)C(=O)O)c3)c3ncccc23)cc1. The van der Waals surface area contributed by atoms with E-state index >= 15 is 0 Å². The lowest BCUT2D eigenvalue weighted by Gasteiger charge is -2.14. The van der Waals surface area contributed by atoms with Crippen molar-refractivity contribution in [3.05, 3.63) is 77.9 Å². The summed E-state index contributed by atoms with van der Waals surface area (Å²) in [5.74, 6) is 0.149. The first-order valence-corrected chi connectivity index (χ1v) is 10.3. The van der Waals surface area contributed by atoms with Crippen molar-refractivity contribution in [1.29, 1.82) is 0 Å². The van der Waals surface area contributed by atoms with E-state index in [0.29, 0.717) is 23.7 Å². The standard InChI is InChI=1S/C25H23FN2O5/c1-15-23(33-19-9-7-18(31-3)8-10-19)20-5-4-12-27-24(20)28(15)14-17-6-11-21(26)22(13-17)32-16(2)25(29)30/h4-13,16H,14H2,1-3H3,(H,29,30)/t16-/m0/s1. The van der Waals surface area contributed by atoms with Crippen molar-refractivity contribution in [3.63, 3.8) is 0 Å². The molecule has 1 atom stereocenters. The number of carbonyl (C=O) groups is 1. The van der Waals surface area contributed by atoms with E-state index in [9.17, 15) is 9.18 Å². The van der Waals surface area contributed by atoms with Gasteiger partial charge in [-0.15, -0.1) is 0 Å². The lowest BCUT2D eigenvalue weighted by atomic mass is 10.2. The number of fused-ring (bicyclic) bond motifs is 1. The van der Waals surface area contributed by atoms with Crippen molar-refractivity contribution < 1.29 is 28.5 Å². The molecule has 2 aromatic heterocycles. The first-order valence-electron chi connectivity index (χ1n) is 10.3. The number of benzene rings is 2. The van der Waals surface area contributed by atoms with E-state index in [1.165, 1.54) is 19.1 Å². The number of carboxylic acids is 1. The second-order valence-electron chi connectivity index (χ2n) is 7.52. The summed E-state index contributed by atoms with van der Waals surface area (Å²) in [5, 5.41) is 9.90. The van der Waals surface area contributed by atoms with E-state index in [4.69, 9.17) is 19.3 Å². The van der Waals surface area contributed by atoms with Crippen LogP contribution in [0.15, 0.2) is 60.8 Å². The maximum absolute atomic E-state index is 14.2. The molecule has 1 N–H and O–H groups in total. The van der Waals surface area contributed by atoms with Crippen molar-refractivity contribution in [2.75, 3.05) is 7.11 Å². The summed E-state index contributed by atoms with van der Waals surface area (Å²) in [6.45, 7) is 3.64. The lowest BCUT2D eigenvalue weighted by molar-refractivity contribution is -0.144. The van der Waals surface area contributed by atoms with Crippen molar-refractivity contribution in [2.45, 2.75) is 26.5 Å². The van der Waals surface area contributed by atoms with Crippen LogP contribution in [0.25, 0.3) is 11.0 Å². The molecule has 2 aromatic carbocycles. The van der Waals surface area contributed by atoms with Gasteiger partial charge < -0.3 is 23.9 Å². The van der Waals surface area contributed by atoms with Crippen molar-refractivity contribution in [3.8, 4) is 23.0 Å². The van der Waals surface area contributed by atoms with E-state index in [-0.39, 0.29) is 5.75 Å². The second kappa shape index (κ2) is 9.20. The Kier molecular flexibility index (Phi) is 6.17. The Hall–Kier alpha value is -4.07. The fourth-order valence-corrected chi connectivity index (χ4v) is 3.51. The number of carboxylic acid groups (broad SMARTS) is 1. The first kappa shape index (κ1) is 22.1. The highest BCUT2D eigenvalue weighted by Gasteiger charge is 2.19. The zero-order chi connectivity index (χ0) is 23.5. The minimum Gasteiger partial charge on any atom is -0.497 e. The van der Waals surface area contributed by atoms with E-state index in [1.54, 1.807) is 19.4 Å². The molecule has 0 aliphatic heterocycles. The molecular formula is C25H23FN2O5. The lowest BCUT2D eigenvalue weighted by Crippen LogP contribution is -2.23. The third-order valence-electron chi connectivity index (χ3n) is 5.29. The van der Waals surface area contributed by atoms with E-state index < -0.39 is 17.9 Å². The van der Waals surface area contributed by atoms with Crippen LogP contribution < -0.4 is 14.2 Å². The molecule has 8 heteroatoms. The molecule has 0 amide bonds. The summed E-state index contributed by atoms with van der Waals surface area (Å²) in [6, 6.07) is 15.5. The van der Waals surface area contributed by atoms with Gasteiger partial charge in [-0.2, -0.15) is 0 Å². The summed E-state index contributed by atoms with van der Waals surface area (Å²) >= 11 is 0. The number of aliphatic carboxylic acids is 1. The Morgan fingerprint density at radius 2 is 1.88 bits per heavy atom. The average Bonchev–Trinajstić information content (AvgIpc) is 3.07. The first-order chi connectivity index (χ1) is 15.9. The normalized spacial score (nSPS) is 11.9. The Bertz CT molecular complexity index is 1300. The molecular weight excluding hydrogens is 427 g/mol. The minimum atomic E-state index is -1.17. The number of hydrogen-bond acceptors (Lipinski definition) is 5. The largest absolute Gasteiger partial charge is 0.497 e. The zero-order valence-electron chi connectivity index (χ0n) is 18.4. The Morgan fingerprint density at radius 3 is 2.58 bits per heavy atom. The van der Waals surface area contributed by atoms with Gasteiger partial charge in [-0.1, -0.05) is 6.07 Å². The summed E-state index contributed by atoms with van der Waals surface area (Å²) in [7, 11) is 1.60. The molecule has 0 fully saturated rings. The number of pyridine rings is 1. The summed E-state index contributed by atoms with van der Waals surface area (Å²) in [6.07, 6.45) is 0.526. The van der Waals surface area contributed by atoms with Gasteiger partial charge in [0.2, 0.25) is 0 Å². The Balaban J connectivity index is 1.69. The molecule has 7 nitrogen and oxygen atoms in total. The summed E-state index contributed by atoms with van der Waals surface area (Å²) in [5.41, 5.74) is 2.28. The number of nitrogens with zero attached hydrogens (tertiary/aromatic N) is 2. The molecule has 0 radical (unpaired) electrons. The van der Waals surface area contributed by atoms with Crippen LogP contribution in [0.2, 0.25) is 0 Å². The third kappa shape index (κ3) is 4.59. The molecule has 0 aliphatic carbocycles. The van der Waals surface area contributed by atoms with Crippen LogP contribution in [0.5, 0.6) is 23.0 Å². The summed E-state index contributed by atoms with van der Waals surface area (Å²) < 4.78 is 32.8. The number of hydrogen-bond donors (Lipinski definition) is 1. The quantitative estimate of drug-likeness (QED) is 0.398. The van der Waals surface area contributed by atoms with Crippen LogP contribution in [0.3, 0.4) is 0 Å². The van der Waals surface area contributed by atoms with Gasteiger partial charge in [0.1, 0.15) is 17.1 Å². The number of methoxy groups -OCH3 is 1. The second-order valence-corrected chi connectivity index (χ2v) is 7.52. The van der Waals surface area contributed by atoms with Crippen LogP contribution in [0.1, 0.15) is 18.2 Å².